The molecule has 3 rings (SSSR count). The van der Waals surface area contributed by atoms with Gasteiger partial charge in [-0.15, -0.1) is 0 Å². The zero-order valence-corrected chi connectivity index (χ0v) is 14.7. The maximum atomic E-state index is 5.89. The van der Waals surface area contributed by atoms with Crippen molar-refractivity contribution in [2.75, 3.05) is 53.0 Å². The Kier molecular flexibility index (Phi) is 6.12. The van der Waals surface area contributed by atoms with Gasteiger partial charge in [0.05, 0.1) is 19.3 Å². The molecule has 0 unspecified atom stereocenters. The molecule has 5 nitrogen and oxygen atoms in total. The Hall–Kier alpha value is -1.56. The number of likely N-dealkylation sites (N-methyl/N-ethyl adjacent to an activating group) is 1. The molecule has 1 aromatic rings. The molecule has 1 aromatic carbocycles. The van der Waals surface area contributed by atoms with Gasteiger partial charge in [-0.05, 0) is 37.3 Å². The van der Waals surface area contributed by atoms with E-state index in [0.29, 0.717) is 6.61 Å². The standard InChI is InChI=1S/C19H28N2O3/c1-3-7-22-17-5-4-16-9-15(14-24-19(16)10-17)11-20-12-18-13-21(2)6-8-23-18/h4-5,9-10,18,20H,3,6-8,11-14H2,1-2H3/t18-/m0/s1. The van der Waals surface area contributed by atoms with Crippen LogP contribution in [-0.4, -0.2) is 64.1 Å². The molecular formula is C19H28N2O3. The van der Waals surface area contributed by atoms with Gasteiger partial charge in [-0.3, -0.25) is 0 Å². The molecule has 1 fully saturated rings. The third-order valence-corrected chi connectivity index (χ3v) is 4.30. The third-order valence-electron chi connectivity index (χ3n) is 4.30. The van der Waals surface area contributed by atoms with Crippen LogP contribution < -0.4 is 14.8 Å². The van der Waals surface area contributed by atoms with Gasteiger partial charge in [-0.1, -0.05) is 6.92 Å². The first kappa shape index (κ1) is 17.3. The predicted octanol–water partition coefficient (Wildman–Crippen LogP) is 2.17. The van der Waals surface area contributed by atoms with Crippen molar-refractivity contribution < 1.29 is 14.2 Å². The van der Waals surface area contributed by atoms with Crippen LogP contribution in [0.1, 0.15) is 18.9 Å². The lowest BCUT2D eigenvalue weighted by Gasteiger charge is -2.30. The molecule has 1 N–H and O–H groups in total. The van der Waals surface area contributed by atoms with Gasteiger partial charge in [-0.25, -0.2) is 0 Å². The fourth-order valence-corrected chi connectivity index (χ4v) is 2.99. The summed E-state index contributed by atoms with van der Waals surface area (Å²) in [6, 6.07) is 6.06. The first-order valence-electron chi connectivity index (χ1n) is 8.84. The van der Waals surface area contributed by atoms with E-state index >= 15 is 0 Å². The molecule has 0 saturated carbocycles. The molecule has 5 heteroatoms. The maximum absolute atomic E-state index is 5.89. The minimum absolute atomic E-state index is 0.277. The summed E-state index contributed by atoms with van der Waals surface area (Å²) in [6.07, 6.45) is 3.50. The summed E-state index contributed by atoms with van der Waals surface area (Å²) in [6.45, 7) is 8.01. The van der Waals surface area contributed by atoms with Gasteiger partial charge >= 0.3 is 0 Å². The molecule has 0 radical (unpaired) electrons. The van der Waals surface area contributed by atoms with Gasteiger partial charge in [0.15, 0.2) is 0 Å². The smallest absolute Gasteiger partial charge is 0.130 e. The molecule has 0 aromatic heterocycles. The van der Waals surface area contributed by atoms with Crippen molar-refractivity contribution in [2.45, 2.75) is 19.4 Å². The van der Waals surface area contributed by atoms with Gasteiger partial charge in [0.1, 0.15) is 18.1 Å². The highest BCUT2D eigenvalue weighted by atomic mass is 16.5. The second kappa shape index (κ2) is 8.51. The minimum atomic E-state index is 0.277. The van der Waals surface area contributed by atoms with Crippen LogP contribution in [0.2, 0.25) is 0 Å². The Balaban J connectivity index is 1.50. The highest BCUT2D eigenvalue weighted by Crippen LogP contribution is 2.30. The molecule has 24 heavy (non-hydrogen) atoms. The van der Waals surface area contributed by atoms with Crippen molar-refractivity contribution in [3.63, 3.8) is 0 Å². The molecular weight excluding hydrogens is 304 g/mol. The lowest BCUT2D eigenvalue weighted by molar-refractivity contribution is -0.0177. The third kappa shape index (κ3) is 4.72. The van der Waals surface area contributed by atoms with Crippen molar-refractivity contribution in [1.29, 1.82) is 0 Å². The van der Waals surface area contributed by atoms with E-state index in [1.54, 1.807) is 0 Å². The second-order valence-corrected chi connectivity index (χ2v) is 6.53. The Morgan fingerprint density at radius 2 is 2.29 bits per heavy atom. The molecule has 2 aliphatic heterocycles. The molecule has 0 amide bonds. The van der Waals surface area contributed by atoms with Crippen LogP contribution in [0.3, 0.4) is 0 Å². The van der Waals surface area contributed by atoms with E-state index < -0.39 is 0 Å². The van der Waals surface area contributed by atoms with Crippen molar-refractivity contribution in [3.8, 4) is 11.5 Å². The Labute approximate surface area is 144 Å². The monoisotopic (exact) mass is 332 g/mol. The summed E-state index contributed by atoms with van der Waals surface area (Å²) in [5, 5.41) is 3.49. The molecule has 132 valence electrons. The Morgan fingerprint density at radius 1 is 1.38 bits per heavy atom. The number of ether oxygens (including phenoxy) is 3. The maximum Gasteiger partial charge on any atom is 0.130 e. The largest absolute Gasteiger partial charge is 0.493 e. The normalized spacial score (nSPS) is 20.9. The number of rotatable bonds is 7. The van der Waals surface area contributed by atoms with Gasteiger partial charge in [0, 0.05) is 37.8 Å². The summed E-state index contributed by atoms with van der Waals surface area (Å²) in [7, 11) is 2.14. The van der Waals surface area contributed by atoms with E-state index in [-0.39, 0.29) is 6.10 Å². The lowest BCUT2D eigenvalue weighted by Crippen LogP contribution is -2.45. The number of nitrogens with zero attached hydrogens (tertiary/aromatic N) is 1. The first-order chi connectivity index (χ1) is 11.7. The Morgan fingerprint density at radius 3 is 3.12 bits per heavy atom. The zero-order valence-electron chi connectivity index (χ0n) is 14.7. The molecule has 2 aliphatic rings. The molecule has 0 bridgehead atoms. The minimum Gasteiger partial charge on any atom is -0.493 e. The number of hydrogen-bond donors (Lipinski definition) is 1. The van der Waals surface area contributed by atoms with Crippen LogP contribution in [0.25, 0.3) is 6.08 Å². The SMILES string of the molecule is CCCOc1ccc2c(c1)OCC(CNC[C@H]1CN(C)CCO1)=C2. The van der Waals surface area contributed by atoms with E-state index in [1.165, 1.54) is 5.57 Å². The number of hydrogen-bond acceptors (Lipinski definition) is 5. The molecule has 1 saturated heterocycles. The van der Waals surface area contributed by atoms with Crippen LogP contribution in [0.4, 0.5) is 0 Å². The summed E-state index contributed by atoms with van der Waals surface area (Å²) < 4.78 is 17.3. The average molecular weight is 332 g/mol. The van der Waals surface area contributed by atoms with Crippen molar-refractivity contribution >= 4 is 6.08 Å². The van der Waals surface area contributed by atoms with Crippen LogP contribution in [0.5, 0.6) is 11.5 Å². The van der Waals surface area contributed by atoms with E-state index in [4.69, 9.17) is 14.2 Å². The fraction of sp³-hybridized carbons (Fsp3) is 0.579. The summed E-state index contributed by atoms with van der Waals surface area (Å²) in [4.78, 5) is 2.31. The number of benzene rings is 1. The van der Waals surface area contributed by atoms with Gasteiger partial charge < -0.3 is 24.4 Å². The molecule has 0 aliphatic carbocycles. The van der Waals surface area contributed by atoms with E-state index in [9.17, 15) is 0 Å². The summed E-state index contributed by atoms with van der Waals surface area (Å²) in [5.41, 5.74) is 2.38. The van der Waals surface area contributed by atoms with Crippen molar-refractivity contribution in [1.82, 2.24) is 10.2 Å². The number of fused-ring (bicyclic) bond motifs is 1. The Bertz CT molecular complexity index is 574. The van der Waals surface area contributed by atoms with Crippen LogP contribution in [-0.2, 0) is 4.74 Å². The van der Waals surface area contributed by atoms with Crippen LogP contribution in [0.15, 0.2) is 23.8 Å². The lowest BCUT2D eigenvalue weighted by atomic mass is 10.1. The highest BCUT2D eigenvalue weighted by Gasteiger charge is 2.18. The molecule has 2 heterocycles. The molecule has 1 atom stereocenters. The average Bonchev–Trinajstić information content (AvgIpc) is 2.60. The fourth-order valence-electron chi connectivity index (χ4n) is 2.99. The zero-order chi connectivity index (χ0) is 16.8. The van der Waals surface area contributed by atoms with Crippen molar-refractivity contribution in [3.05, 3.63) is 29.3 Å². The van der Waals surface area contributed by atoms with Gasteiger partial charge in [-0.2, -0.15) is 0 Å². The molecule has 0 spiro atoms. The van der Waals surface area contributed by atoms with Crippen LogP contribution in [0, 0.1) is 0 Å². The quantitative estimate of drug-likeness (QED) is 0.829. The van der Waals surface area contributed by atoms with E-state index in [0.717, 1.165) is 62.9 Å². The van der Waals surface area contributed by atoms with Gasteiger partial charge in [0.2, 0.25) is 0 Å². The summed E-state index contributed by atoms with van der Waals surface area (Å²) in [5.74, 6) is 1.79. The van der Waals surface area contributed by atoms with Crippen LogP contribution >= 0.6 is 0 Å². The number of morpholine rings is 1. The van der Waals surface area contributed by atoms with Gasteiger partial charge in [0.25, 0.3) is 0 Å². The summed E-state index contributed by atoms with van der Waals surface area (Å²) >= 11 is 0. The predicted molar refractivity (Wildman–Crippen MR) is 95.8 cm³/mol. The van der Waals surface area contributed by atoms with Crippen molar-refractivity contribution in [2.24, 2.45) is 0 Å². The van der Waals surface area contributed by atoms with E-state index in [2.05, 4.69) is 36.3 Å². The second-order valence-electron chi connectivity index (χ2n) is 6.53. The van der Waals surface area contributed by atoms with E-state index in [1.807, 2.05) is 12.1 Å². The highest BCUT2D eigenvalue weighted by molar-refractivity contribution is 5.63. The topological polar surface area (TPSA) is 43.0 Å². The first-order valence-corrected chi connectivity index (χ1v) is 8.84. The number of nitrogens with one attached hydrogen (secondary N) is 1.